The minimum Gasteiger partial charge on any atom is -0.352 e. The molecular weight excluding hydrogens is 298 g/mol. The van der Waals surface area contributed by atoms with Crippen LogP contribution >= 0.6 is 12.4 Å². The van der Waals surface area contributed by atoms with E-state index in [0.717, 1.165) is 37.8 Å². The van der Waals surface area contributed by atoms with E-state index in [4.69, 9.17) is 5.73 Å². The minimum atomic E-state index is -0.897. The molecule has 0 bridgehead atoms. The molecule has 0 saturated heterocycles. The van der Waals surface area contributed by atoms with Gasteiger partial charge in [-0.25, -0.2) is 8.78 Å². The molecule has 118 valence electrons. The SMILES string of the molecule is Cl.NC1CCCCC1CC(=O)NCc1ccc(F)c(F)c1. The van der Waals surface area contributed by atoms with E-state index in [1.165, 1.54) is 6.07 Å². The lowest BCUT2D eigenvalue weighted by Crippen LogP contribution is -2.37. The van der Waals surface area contributed by atoms with Gasteiger partial charge < -0.3 is 11.1 Å². The van der Waals surface area contributed by atoms with Crippen molar-refractivity contribution in [3.05, 3.63) is 35.4 Å². The van der Waals surface area contributed by atoms with Gasteiger partial charge in [-0.15, -0.1) is 12.4 Å². The third kappa shape index (κ3) is 5.25. The second-order valence-electron chi connectivity index (χ2n) is 5.44. The smallest absolute Gasteiger partial charge is 0.220 e. The Morgan fingerprint density at radius 2 is 1.95 bits per heavy atom. The molecule has 1 aromatic carbocycles. The first kappa shape index (κ1) is 17.9. The summed E-state index contributed by atoms with van der Waals surface area (Å²) in [6, 6.07) is 3.72. The van der Waals surface area contributed by atoms with Crippen molar-refractivity contribution in [3.8, 4) is 0 Å². The average molecular weight is 319 g/mol. The molecule has 1 aliphatic rings. The van der Waals surface area contributed by atoms with Crippen LogP contribution in [0.2, 0.25) is 0 Å². The number of carbonyl (C=O) groups is 1. The van der Waals surface area contributed by atoms with Crippen molar-refractivity contribution in [2.45, 2.75) is 44.7 Å². The van der Waals surface area contributed by atoms with Crippen molar-refractivity contribution in [1.82, 2.24) is 5.32 Å². The van der Waals surface area contributed by atoms with Gasteiger partial charge in [0.2, 0.25) is 5.91 Å². The maximum absolute atomic E-state index is 13.0. The van der Waals surface area contributed by atoms with Crippen LogP contribution in [0.1, 0.15) is 37.7 Å². The molecule has 2 rings (SSSR count). The number of halogens is 3. The van der Waals surface area contributed by atoms with Crippen LogP contribution in [0.3, 0.4) is 0 Å². The normalized spacial score (nSPS) is 21.5. The maximum Gasteiger partial charge on any atom is 0.220 e. The number of nitrogens with one attached hydrogen (secondary N) is 1. The average Bonchev–Trinajstić information content (AvgIpc) is 2.43. The molecule has 1 saturated carbocycles. The summed E-state index contributed by atoms with van der Waals surface area (Å²) in [6.07, 6.45) is 4.62. The highest BCUT2D eigenvalue weighted by Gasteiger charge is 2.23. The highest BCUT2D eigenvalue weighted by Crippen LogP contribution is 2.25. The standard InChI is InChI=1S/C15H20F2N2O.ClH/c16-12-6-5-10(7-13(12)17)9-19-15(20)8-11-3-1-2-4-14(11)18;/h5-7,11,14H,1-4,8-9,18H2,(H,19,20);1H. The summed E-state index contributed by atoms with van der Waals surface area (Å²) in [5.41, 5.74) is 6.55. The number of hydrogen-bond acceptors (Lipinski definition) is 2. The van der Waals surface area contributed by atoms with Crippen LogP contribution in [-0.4, -0.2) is 11.9 Å². The number of amides is 1. The van der Waals surface area contributed by atoms with E-state index in [1.807, 2.05) is 0 Å². The van der Waals surface area contributed by atoms with E-state index >= 15 is 0 Å². The zero-order valence-electron chi connectivity index (χ0n) is 11.8. The Balaban J connectivity index is 0.00000220. The Kier molecular flexibility index (Phi) is 7.05. The van der Waals surface area contributed by atoms with Crippen LogP contribution in [0.5, 0.6) is 0 Å². The Morgan fingerprint density at radius 1 is 1.24 bits per heavy atom. The van der Waals surface area contributed by atoms with Gasteiger partial charge in [-0.05, 0) is 36.5 Å². The summed E-state index contributed by atoms with van der Waals surface area (Å²) in [4.78, 5) is 11.8. The maximum atomic E-state index is 13.0. The van der Waals surface area contributed by atoms with E-state index < -0.39 is 11.6 Å². The molecule has 0 radical (unpaired) electrons. The highest BCUT2D eigenvalue weighted by atomic mass is 35.5. The molecule has 6 heteroatoms. The van der Waals surface area contributed by atoms with Gasteiger partial charge in [-0.3, -0.25) is 4.79 Å². The fraction of sp³-hybridized carbons (Fsp3) is 0.533. The molecule has 3 N–H and O–H groups in total. The van der Waals surface area contributed by atoms with Crippen molar-refractivity contribution in [1.29, 1.82) is 0 Å². The van der Waals surface area contributed by atoms with Crippen molar-refractivity contribution < 1.29 is 13.6 Å². The molecule has 1 amide bonds. The lowest BCUT2D eigenvalue weighted by atomic mass is 9.83. The van der Waals surface area contributed by atoms with Crippen LogP contribution in [-0.2, 0) is 11.3 Å². The first-order valence-corrected chi connectivity index (χ1v) is 7.02. The van der Waals surface area contributed by atoms with Crippen molar-refractivity contribution in [2.75, 3.05) is 0 Å². The van der Waals surface area contributed by atoms with E-state index in [1.54, 1.807) is 0 Å². The van der Waals surface area contributed by atoms with Crippen LogP contribution in [0, 0.1) is 17.6 Å². The highest BCUT2D eigenvalue weighted by molar-refractivity contribution is 5.85. The van der Waals surface area contributed by atoms with Crippen LogP contribution in [0.15, 0.2) is 18.2 Å². The van der Waals surface area contributed by atoms with Crippen molar-refractivity contribution in [2.24, 2.45) is 11.7 Å². The molecule has 0 aromatic heterocycles. The Hall–Kier alpha value is -1.20. The number of nitrogens with two attached hydrogens (primary N) is 1. The summed E-state index contributed by atoms with van der Waals surface area (Å²) in [6.45, 7) is 0.206. The van der Waals surface area contributed by atoms with Gasteiger partial charge in [-0.1, -0.05) is 18.9 Å². The molecule has 21 heavy (non-hydrogen) atoms. The van der Waals surface area contributed by atoms with Crippen LogP contribution < -0.4 is 11.1 Å². The second-order valence-corrected chi connectivity index (χ2v) is 5.44. The predicted molar refractivity (Wildman–Crippen MR) is 80.0 cm³/mol. The minimum absolute atomic E-state index is 0. The van der Waals surface area contributed by atoms with E-state index in [9.17, 15) is 13.6 Å². The summed E-state index contributed by atoms with van der Waals surface area (Å²) in [7, 11) is 0. The quantitative estimate of drug-likeness (QED) is 0.897. The summed E-state index contributed by atoms with van der Waals surface area (Å²) in [5, 5.41) is 2.73. The molecule has 1 aromatic rings. The molecule has 2 atom stereocenters. The molecule has 3 nitrogen and oxygen atoms in total. The lowest BCUT2D eigenvalue weighted by Gasteiger charge is -2.27. The Labute approximate surface area is 129 Å². The topological polar surface area (TPSA) is 55.1 Å². The number of hydrogen-bond donors (Lipinski definition) is 2. The molecule has 0 spiro atoms. The Morgan fingerprint density at radius 3 is 2.62 bits per heavy atom. The van der Waals surface area contributed by atoms with Gasteiger partial charge in [-0.2, -0.15) is 0 Å². The summed E-state index contributed by atoms with van der Waals surface area (Å²) < 4.78 is 25.8. The largest absolute Gasteiger partial charge is 0.352 e. The number of rotatable bonds is 4. The number of carbonyl (C=O) groups excluding carboxylic acids is 1. The zero-order valence-corrected chi connectivity index (χ0v) is 12.6. The lowest BCUT2D eigenvalue weighted by molar-refractivity contribution is -0.122. The molecular formula is C15H21ClF2N2O. The third-order valence-corrected chi connectivity index (χ3v) is 3.89. The Bertz CT molecular complexity index is 485. The van der Waals surface area contributed by atoms with E-state index in [0.29, 0.717) is 12.0 Å². The number of benzene rings is 1. The third-order valence-electron chi connectivity index (χ3n) is 3.89. The summed E-state index contributed by atoms with van der Waals surface area (Å²) in [5.74, 6) is -1.63. The molecule has 0 aliphatic heterocycles. The first-order valence-electron chi connectivity index (χ1n) is 7.02. The molecule has 2 unspecified atom stereocenters. The van der Waals surface area contributed by atoms with E-state index in [-0.39, 0.29) is 36.8 Å². The van der Waals surface area contributed by atoms with Crippen molar-refractivity contribution >= 4 is 18.3 Å². The summed E-state index contributed by atoms with van der Waals surface area (Å²) >= 11 is 0. The van der Waals surface area contributed by atoms with Crippen LogP contribution in [0.4, 0.5) is 8.78 Å². The fourth-order valence-corrected chi connectivity index (χ4v) is 2.65. The van der Waals surface area contributed by atoms with E-state index in [2.05, 4.69) is 5.32 Å². The molecule has 0 heterocycles. The van der Waals surface area contributed by atoms with Gasteiger partial charge in [0.05, 0.1) is 0 Å². The zero-order chi connectivity index (χ0) is 14.5. The van der Waals surface area contributed by atoms with Gasteiger partial charge >= 0.3 is 0 Å². The fourth-order valence-electron chi connectivity index (χ4n) is 2.65. The molecule has 1 fully saturated rings. The monoisotopic (exact) mass is 318 g/mol. The van der Waals surface area contributed by atoms with Crippen molar-refractivity contribution in [3.63, 3.8) is 0 Å². The van der Waals surface area contributed by atoms with Gasteiger partial charge in [0, 0.05) is 19.0 Å². The molecule has 1 aliphatic carbocycles. The van der Waals surface area contributed by atoms with Gasteiger partial charge in [0.1, 0.15) is 0 Å². The predicted octanol–water partition coefficient (Wildman–Crippen LogP) is 2.91. The van der Waals surface area contributed by atoms with Gasteiger partial charge in [0.25, 0.3) is 0 Å². The van der Waals surface area contributed by atoms with Crippen LogP contribution in [0.25, 0.3) is 0 Å². The first-order chi connectivity index (χ1) is 9.56. The second kappa shape index (κ2) is 8.29. The van der Waals surface area contributed by atoms with Gasteiger partial charge in [0.15, 0.2) is 11.6 Å².